The minimum absolute atomic E-state index is 0.269. The molecule has 3 aromatic rings. The highest BCUT2D eigenvalue weighted by Gasteiger charge is 2.31. The van der Waals surface area contributed by atoms with Crippen molar-refractivity contribution in [2.75, 3.05) is 0 Å². The minimum atomic E-state index is -5.01. The van der Waals surface area contributed by atoms with E-state index < -0.39 is 99.5 Å². The van der Waals surface area contributed by atoms with Crippen LogP contribution in [0.15, 0.2) is 74.8 Å². The standard InChI is InChI=1S/C26H11F4NO9S/c27-17-9-15-19(13-3-1-2-4-14(13)26(33)34)16-10-18(28)25(21(30)24(16)39-23(15)20(29)22(17)32)40-41(37,38)12-7-5-11(6-8-12)31(35)36/h1-10H,(H,33,34). The zero-order valence-electron chi connectivity index (χ0n) is 19.9. The number of benzene rings is 4. The van der Waals surface area contributed by atoms with Gasteiger partial charge in [0.05, 0.1) is 10.5 Å². The molecule has 2 aliphatic rings. The Kier molecular flexibility index (Phi) is 6.45. The van der Waals surface area contributed by atoms with Gasteiger partial charge in [-0.25, -0.2) is 13.6 Å². The summed E-state index contributed by atoms with van der Waals surface area (Å²) in [5, 5.41) is 19.9. The van der Waals surface area contributed by atoms with E-state index in [1.807, 2.05) is 0 Å². The number of carbonyl (C=O) groups is 1. The van der Waals surface area contributed by atoms with E-state index in [-0.39, 0.29) is 5.56 Å². The molecule has 1 N–H and O–H groups in total. The third kappa shape index (κ3) is 4.51. The first-order valence-corrected chi connectivity index (χ1v) is 12.5. The number of non-ortho nitro benzene ring substituents is 1. The lowest BCUT2D eigenvalue weighted by Gasteiger charge is -2.18. The van der Waals surface area contributed by atoms with Gasteiger partial charge in [0.15, 0.2) is 23.0 Å². The summed E-state index contributed by atoms with van der Waals surface area (Å²) in [4.78, 5) is 33.1. The van der Waals surface area contributed by atoms with Crippen LogP contribution in [-0.4, -0.2) is 24.4 Å². The fraction of sp³-hybridized carbons (Fsp3) is 0. The smallest absolute Gasteiger partial charge is 0.339 e. The van der Waals surface area contributed by atoms with Crippen LogP contribution in [0.2, 0.25) is 0 Å². The summed E-state index contributed by atoms with van der Waals surface area (Å²) in [6.45, 7) is 0. The van der Waals surface area contributed by atoms with Crippen molar-refractivity contribution in [3.63, 3.8) is 0 Å². The van der Waals surface area contributed by atoms with Crippen molar-refractivity contribution in [2.45, 2.75) is 4.90 Å². The molecule has 0 spiro atoms. The van der Waals surface area contributed by atoms with Gasteiger partial charge in [-0.2, -0.15) is 17.2 Å². The first-order chi connectivity index (χ1) is 19.3. The van der Waals surface area contributed by atoms with Crippen molar-refractivity contribution in [1.29, 1.82) is 0 Å². The van der Waals surface area contributed by atoms with Gasteiger partial charge in [-0.05, 0) is 35.9 Å². The lowest BCUT2D eigenvalue weighted by atomic mass is 9.90. The van der Waals surface area contributed by atoms with Gasteiger partial charge in [0.25, 0.3) is 11.1 Å². The summed E-state index contributed by atoms with van der Waals surface area (Å²) in [6.07, 6.45) is 0. The van der Waals surface area contributed by atoms with E-state index >= 15 is 8.78 Å². The zero-order chi connectivity index (χ0) is 29.8. The summed E-state index contributed by atoms with van der Waals surface area (Å²) >= 11 is 0. The van der Waals surface area contributed by atoms with Crippen LogP contribution < -0.4 is 9.61 Å². The van der Waals surface area contributed by atoms with Gasteiger partial charge >= 0.3 is 16.1 Å². The summed E-state index contributed by atoms with van der Waals surface area (Å²) in [7, 11) is -5.01. The van der Waals surface area contributed by atoms with E-state index in [2.05, 4.69) is 4.18 Å². The van der Waals surface area contributed by atoms with Crippen molar-refractivity contribution >= 4 is 32.7 Å². The molecule has 5 rings (SSSR count). The Hall–Kier alpha value is -5.31. The normalized spacial score (nSPS) is 11.6. The summed E-state index contributed by atoms with van der Waals surface area (Å²) < 4.78 is 95.5. The van der Waals surface area contributed by atoms with E-state index in [4.69, 9.17) is 4.42 Å². The molecule has 0 fully saturated rings. The molecule has 0 saturated heterocycles. The maximum absolute atomic E-state index is 15.7. The van der Waals surface area contributed by atoms with Gasteiger partial charge in [-0.15, -0.1) is 0 Å². The maximum Gasteiger partial charge on any atom is 0.339 e. The van der Waals surface area contributed by atoms with Crippen LogP contribution in [0.3, 0.4) is 0 Å². The van der Waals surface area contributed by atoms with Gasteiger partial charge in [-0.3, -0.25) is 14.9 Å². The van der Waals surface area contributed by atoms with E-state index in [0.717, 1.165) is 30.3 Å². The number of hydrogen-bond acceptors (Lipinski definition) is 8. The molecule has 1 aliphatic carbocycles. The molecular weight excluding hydrogens is 578 g/mol. The Labute approximate surface area is 225 Å². The molecule has 0 amide bonds. The van der Waals surface area contributed by atoms with Gasteiger partial charge in [0.1, 0.15) is 4.90 Å². The van der Waals surface area contributed by atoms with Gasteiger partial charge in [-0.1, -0.05) is 18.2 Å². The number of halogens is 4. The Morgan fingerprint density at radius 1 is 0.927 bits per heavy atom. The second-order valence-corrected chi connectivity index (χ2v) is 9.92. The zero-order valence-corrected chi connectivity index (χ0v) is 20.7. The second-order valence-electron chi connectivity index (χ2n) is 8.37. The van der Waals surface area contributed by atoms with Crippen LogP contribution in [-0.2, 0) is 10.1 Å². The predicted octanol–water partition coefficient (Wildman–Crippen LogP) is 5.50. The Balaban J connectivity index is 1.82. The first-order valence-electron chi connectivity index (χ1n) is 11.1. The topological polar surface area (TPSA) is 154 Å². The highest BCUT2D eigenvalue weighted by Crippen LogP contribution is 2.45. The lowest BCUT2D eigenvalue weighted by molar-refractivity contribution is -0.384. The number of nitro benzene ring substituents is 1. The third-order valence-electron chi connectivity index (χ3n) is 5.96. The molecule has 0 radical (unpaired) electrons. The summed E-state index contributed by atoms with van der Waals surface area (Å²) in [5.74, 6) is -11.0. The van der Waals surface area contributed by atoms with E-state index in [0.29, 0.717) is 12.1 Å². The van der Waals surface area contributed by atoms with Crippen molar-refractivity contribution in [3.8, 4) is 28.2 Å². The lowest BCUT2D eigenvalue weighted by Crippen LogP contribution is -2.15. The number of nitro groups is 1. The average Bonchev–Trinajstić information content (AvgIpc) is 2.93. The number of carboxylic acid groups (broad SMARTS) is 1. The Morgan fingerprint density at radius 2 is 1.59 bits per heavy atom. The van der Waals surface area contributed by atoms with E-state index in [1.165, 1.54) is 18.2 Å². The number of fused-ring (bicyclic) bond motifs is 2. The number of hydrogen-bond donors (Lipinski definition) is 1. The van der Waals surface area contributed by atoms with Crippen molar-refractivity contribution in [3.05, 3.63) is 110 Å². The molecule has 0 unspecified atom stereocenters. The third-order valence-corrected chi connectivity index (χ3v) is 7.20. The maximum atomic E-state index is 15.7. The number of carboxylic acids is 1. The van der Waals surface area contributed by atoms with Crippen LogP contribution in [0, 0.1) is 33.4 Å². The Morgan fingerprint density at radius 3 is 2.22 bits per heavy atom. The van der Waals surface area contributed by atoms with Crippen LogP contribution in [0.5, 0.6) is 5.75 Å². The van der Waals surface area contributed by atoms with Crippen LogP contribution in [0.1, 0.15) is 10.4 Å². The molecule has 1 aliphatic heterocycles. The Bertz CT molecular complexity index is 2060. The minimum Gasteiger partial charge on any atom is -0.478 e. The summed E-state index contributed by atoms with van der Waals surface area (Å²) in [6, 6.07) is 9.06. The van der Waals surface area contributed by atoms with Crippen molar-refractivity contribution < 1.29 is 49.4 Å². The molecule has 3 aromatic carbocycles. The molecule has 0 atom stereocenters. The number of aromatic carboxylic acids is 1. The molecule has 0 saturated carbocycles. The van der Waals surface area contributed by atoms with Crippen LogP contribution in [0.4, 0.5) is 23.2 Å². The van der Waals surface area contributed by atoms with E-state index in [1.54, 1.807) is 0 Å². The largest absolute Gasteiger partial charge is 0.478 e. The van der Waals surface area contributed by atoms with Gasteiger partial charge in [0, 0.05) is 28.6 Å². The molecule has 15 heteroatoms. The molecule has 208 valence electrons. The monoisotopic (exact) mass is 589 g/mol. The fourth-order valence-corrected chi connectivity index (χ4v) is 5.07. The highest BCUT2D eigenvalue weighted by molar-refractivity contribution is 7.87. The molecule has 0 bridgehead atoms. The molecule has 41 heavy (non-hydrogen) atoms. The van der Waals surface area contributed by atoms with Crippen molar-refractivity contribution in [2.24, 2.45) is 0 Å². The molecule has 0 aromatic heterocycles. The molecule has 10 nitrogen and oxygen atoms in total. The average molecular weight is 589 g/mol. The fourth-order valence-electron chi connectivity index (χ4n) is 4.13. The van der Waals surface area contributed by atoms with E-state index in [9.17, 15) is 42.0 Å². The molecular formula is C26H11F4NO9S. The second kappa shape index (κ2) is 9.71. The highest BCUT2D eigenvalue weighted by atomic mass is 32.2. The van der Waals surface area contributed by atoms with Crippen molar-refractivity contribution in [1.82, 2.24) is 0 Å². The van der Waals surface area contributed by atoms with Crippen LogP contribution >= 0.6 is 0 Å². The summed E-state index contributed by atoms with van der Waals surface area (Å²) in [5.41, 5.74) is -5.02. The van der Waals surface area contributed by atoms with Crippen LogP contribution in [0.25, 0.3) is 33.4 Å². The van der Waals surface area contributed by atoms with Gasteiger partial charge < -0.3 is 13.7 Å². The first kappa shape index (κ1) is 27.3. The molecule has 1 heterocycles. The number of nitrogens with zero attached hydrogens (tertiary/aromatic N) is 1. The number of rotatable bonds is 6. The SMILES string of the molecule is O=C(O)c1ccccc1-c1c2cc(F)c(=O)c(F)c-2oc2c(F)c(OS(=O)(=O)c3ccc([N+](=O)[O-])cc3)c(F)cc12. The quantitative estimate of drug-likeness (QED) is 0.0890. The van der Waals surface area contributed by atoms with Gasteiger partial charge in [0.2, 0.25) is 17.4 Å². The predicted molar refractivity (Wildman–Crippen MR) is 132 cm³/mol.